The molecular weight excluding hydrogens is 256 g/mol. The van der Waals surface area contributed by atoms with Crippen molar-refractivity contribution in [1.82, 2.24) is 9.97 Å². The fourth-order valence-corrected chi connectivity index (χ4v) is 2.25. The predicted octanol–water partition coefficient (Wildman–Crippen LogP) is 2.04. The average Bonchev–Trinajstić information content (AvgIpc) is 2.44. The zero-order valence-electron chi connectivity index (χ0n) is 12.5. The minimum absolute atomic E-state index is 0.0230. The standard InChI is InChI=1S/C14H24N4O2/c1-4-20-9-13-17-11(15-2)8-12(18-13)16-10-14(19-3)6-5-7-14/h8H,4-7,9-10H2,1-3H3,(H2,15,16,17,18). The molecule has 0 saturated heterocycles. The predicted molar refractivity (Wildman–Crippen MR) is 79.0 cm³/mol. The normalized spacial score (nSPS) is 16.6. The molecule has 0 spiro atoms. The minimum Gasteiger partial charge on any atom is -0.376 e. The van der Waals surface area contributed by atoms with Crippen LogP contribution in [0.4, 0.5) is 11.6 Å². The number of methoxy groups -OCH3 is 1. The lowest BCUT2D eigenvalue weighted by molar-refractivity contribution is -0.0601. The van der Waals surface area contributed by atoms with Crippen LogP contribution < -0.4 is 10.6 Å². The second-order valence-corrected chi connectivity index (χ2v) is 5.04. The monoisotopic (exact) mass is 280 g/mol. The van der Waals surface area contributed by atoms with Crippen molar-refractivity contribution in [3.63, 3.8) is 0 Å². The van der Waals surface area contributed by atoms with Crippen LogP contribution in [0.1, 0.15) is 32.0 Å². The van der Waals surface area contributed by atoms with E-state index in [-0.39, 0.29) is 5.60 Å². The summed E-state index contributed by atoms with van der Waals surface area (Å²) in [5, 5.41) is 6.40. The van der Waals surface area contributed by atoms with E-state index in [0.717, 1.165) is 31.0 Å². The van der Waals surface area contributed by atoms with Crippen LogP contribution in [-0.2, 0) is 16.1 Å². The number of aromatic nitrogens is 2. The van der Waals surface area contributed by atoms with Gasteiger partial charge in [0.15, 0.2) is 5.82 Å². The molecule has 1 saturated carbocycles. The molecule has 6 heteroatoms. The highest BCUT2D eigenvalue weighted by Crippen LogP contribution is 2.35. The Morgan fingerprint density at radius 2 is 2.05 bits per heavy atom. The van der Waals surface area contributed by atoms with Gasteiger partial charge in [0.1, 0.15) is 18.2 Å². The third-order valence-electron chi connectivity index (χ3n) is 3.75. The fraction of sp³-hybridized carbons (Fsp3) is 0.714. The molecule has 1 aromatic heterocycles. The maximum atomic E-state index is 5.60. The number of nitrogens with one attached hydrogen (secondary N) is 2. The largest absolute Gasteiger partial charge is 0.376 e. The van der Waals surface area contributed by atoms with Crippen LogP contribution in [0.25, 0.3) is 0 Å². The summed E-state index contributed by atoms with van der Waals surface area (Å²) in [6.07, 6.45) is 3.44. The highest BCUT2D eigenvalue weighted by Gasteiger charge is 2.36. The molecule has 0 aliphatic heterocycles. The van der Waals surface area contributed by atoms with Crippen molar-refractivity contribution >= 4 is 11.6 Å². The van der Waals surface area contributed by atoms with E-state index < -0.39 is 0 Å². The van der Waals surface area contributed by atoms with Gasteiger partial charge in [0.25, 0.3) is 0 Å². The Bertz CT molecular complexity index is 430. The fourth-order valence-electron chi connectivity index (χ4n) is 2.25. The molecule has 112 valence electrons. The average molecular weight is 280 g/mol. The number of hydrogen-bond donors (Lipinski definition) is 2. The number of rotatable bonds is 8. The second-order valence-electron chi connectivity index (χ2n) is 5.04. The lowest BCUT2D eigenvalue weighted by Gasteiger charge is -2.40. The first-order chi connectivity index (χ1) is 9.71. The summed E-state index contributed by atoms with van der Waals surface area (Å²) in [7, 11) is 3.62. The third kappa shape index (κ3) is 3.58. The number of anilines is 2. The van der Waals surface area contributed by atoms with Crippen molar-refractivity contribution in [3.8, 4) is 0 Å². The molecule has 0 radical (unpaired) electrons. The van der Waals surface area contributed by atoms with E-state index in [0.29, 0.717) is 19.0 Å². The number of ether oxygens (including phenoxy) is 2. The molecule has 1 heterocycles. The molecule has 0 bridgehead atoms. The van der Waals surface area contributed by atoms with E-state index in [2.05, 4.69) is 20.6 Å². The molecule has 2 rings (SSSR count). The molecule has 0 amide bonds. The van der Waals surface area contributed by atoms with Crippen LogP contribution in [-0.4, -0.2) is 42.9 Å². The summed E-state index contributed by atoms with van der Waals surface area (Å²) < 4.78 is 11.0. The van der Waals surface area contributed by atoms with Crippen LogP contribution in [0.5, 0.6) is 0 Å². The maximum absolute atomic E-state index is 5.60. The van der Waals surface area contributed by atoms with Gasteiger partial charge in [-0.1, -0.05) is 0 Å². The van der Waals surface area contributed by atoms with Gasteiger partial charge < -0.3 is 20.1 Å². The Balaban J connectivity index is 2.02. The van der Waals surface area contributed by atoms with E-state index in [1.807, 2.05) is 20.0 Å². The van der Waals surface area contributed by atoms with Crippen molar-refractivity contribution in [2.24, 2.45) is 0 Å². The Morgan fingerprint density at radius 1 is 1.30 bits per heavy atom. The van der Waals surface area contributed by atoms with Crippen LogP contribution >= 0.6 is 0 Å². The highest BCUT2D eigenvalue weighted by molar-refractivity contribution is 5.47. The van der Waals surface area contributed by atoms with Gasteiger partial charge in [0.2, 0.25) is 0 Å². The summed E-state index contributed by atoms with van der Waals surface area (Å²) in [6.45, 7) is 3.82. The summed E-state index contributed by atoms with van der Waals surface area (Å²) in [4.78, 5) is 8.84. The van der Waals surface area contributed by atoms with Crippen molar-refractivity contribution in [2.75, 3.05) is 37.9 Å². The minimum atomic E-state index is -0.0230. The van der Waals surface area contributed by atoms with E-state index in [1.54, 1.807) is 7.11 Å². The zero-order chi connectivity index (χ0) is 14.4. The van der Waals surface area contributed by atoms with Crippen molar-refractivity contribution < 1.29 is 9.47 Å². The second kappa shape index (κ2) is 6.85. The Morgan fingerprint density at radius 3 is 2.60 bits per heavy atom. The molecular formula is C14H24N4O2. The van der Waals surface area contributed by atoms with Crippen LogP contribution in [0.3, 0.4) is 0 Å². The van der Waals surface area contributed by atoms with E-state index in [9.17, 15) is 0 Å². The first-order valence-electron chi connectivity index (χ1n) is 7.14. The lowest BCUT2D eigenvalue weighted by atomic mass is 9.80. The van der Waals surface area contributed by atoms with Gasteiger partial charge in [-0.25, -0.2) is 9.97 Å². The third-order valence-corrected chi connectivity index (χ3v) is 3.75. The molecule has 1 aromatic rings. The van der Waals surface area contributed by atoms with Crippen LogP contribution in [0.2, 0.25) is 0 Å². The van der Waals surface area contributed by atoms with Crippen LogP contribution in [0.15, 0.2) is 6.07 Å². The molecule has 2 N–H and O–H groups in total. The van der Waals surface area contributed by atoms with E-state index in [1.165, 1.54) is 6.42 Å². The van der Waals surface area contributed by atoms with Gasteiger partial charge in [-0.2, -0.15) is 0 Å². The smallest absolute Gasteiger partial charge is 0.158 e. The van der Waals surface area contributed by atoms with E-state index in [4.69, 9.17) is 9.47 Å². The zero-order valence-corrected chi connectivity index (χ0v) is 12.5. The Kier molecular flexibility index (Phi) is 5.14. The van der Waals surface area contributed by atoms with Gasteiger partial charge >= 0.3 is 0 Å². The Labute approximate surface area is 120 Å². The van der Waals surface area contributed by atoms with Crippen molar-refractivity contribution in [3.05, 3.63) is 11.9 Å². The molecule has 0 unspecified atom stereocenters. The van der Waals surface area contributed by atoms with E-state index >= 15 is 0 Å². The maximum Gasteiger partial charge on any atom is 0.158 e. The van der Waals surface area contributed by atoms with Crippen molar-refractivity contribution in [2.45, 2.75) is 38.4 Å². The molecule has 0 atom stereocenters. The topological polar surface area (TPSA) is 68.3 Å². The molecule has 0 aromatic carbocycles. The van der Waals surface area contributed by atoms with Gasteiger partial charge in [-0.05, 0) is 26.2 Å². The van der Waals surface area contributed by atoms with Crippen LogP contribution in [0, 0.1) is 0 Å². The molecule has 1 aliphatic rings. The van der Waals surface area contributed by atoms with Gasteiger partial charge in [-0.15, -0.1) is 0 Å². The highest BCUT2D eigenvalue weighted by atomic mass is 16.5. The number of hydrogen-bond acceptors (Lipinski definition) is 6. The summed E-state index contributed by atoms with van der Waals surface area (Å²) in [6, 6.07) is 1.90. The first kappa shape index (κ1) is 15.0. The quantitative estimate of drug-likeness (QED) is 0.759. The summed E-state index contributed by atoms with van der Waals surface area (Å²) in [5.74, 6) is 2.28. The lowest BCUT2D eigenvalue weighted by Crippen LogP contribution is -2.45. The van der Waals surface area contributed by atoms with Gasteiger partial charge in [-0.3, -0.25) is 0 Å². The van der Waals surface area contributed by atoms with Gasteiger partial charge in [0.05, 0.1) is 5.60 Å². The SMILES string of the molecule is CCOCc1nc(NC)cc(NCC2(OC)CCC2)n1. The number of nitrogens with zero attached hydrogens (tertiary/aromatic N) is 2. The first-order valence-corrected chi connectivity index (χ1v) is 7.14. The Hall–Kier alpha value is -1.40. The molecule has 6 nitrogen and oxygen atoms in total. The summed E-state index contributed by atoms with van der Waals surface area (Å²) >= 11 is 0. The summed E-state index contributed by atoms with van der Waals surface area (Å²) in [5.41, 5.74) is -0.0230. The van der Waals surface area contributed by atoms with Gasteiger partial charge in [0, 0.05) is 33.4 Å². The molecule has 1 fully saturated rings. The molecule has 20 heavy (non-hydrogen) atoms. The van der Waals surface area contributed by atoms with Crippen molar-refractivity contribution in [1.29, 1.82) is 0 Å². The molecule has 1 aliphatic carbocycles.